The number of aromatic nitrogens is 1. The number of hydrogen-bond donors (Lipinski definition) is 1. The lowest BCUT2D eigenvalue weighted by Crippen LogP contribution is -2.47. The largest absolute Gasteiger partial charge is 0.386 e. The highest BCUT2D eigenvalue weighted by Gasteiger charge is 2.43. The van der Waals surface area contributed by atoms with E-state index in [1.807, 2.05) is 25.3 Å². The molecular formula is C14H22N2O. The van der Waals surface area contributed by atoms with Gasteiger partial charge in [0, 0.05) is 17.5 Å². The van der Waals surface area contributed by atoms with Crippen molar-refractivity contribution in [2.45, 2.75) is 44.2 Å². The second-order valence-corrected chi connectivity index (χ2v) is 5.34. The van der Waals surface area contributed by atoms with Gasteiger partial charge in [-0.3, -0.25) is 4.98 Å². The average Bonchev–Trinajstić information content (AvgIpc) is 2.79. The summed E-state index contributed by atoms with van der Waals surface area (Å²) in [5.41, 5.74) is 1.83. The molecule has 3 heteroatoms. The van der Waals surface area contributed by atoms with Crippen molar-refractivity contribution in [3.63, 3.8) is 0 Å². The van der Waals surface area contributed by atoms with E-state index in [4.69, 9.17) is 0 Å². The van der Waals surface area contributed by atoms with Crippen LogP contribution in [-0.4, -0.2) is 34.6 Å². The number of hydrogen-bond acceptors (Lipinski definition) is 3. The molecule has 1 saturated carbocycles. The number of aliphatic hydroxyl groups excluding tert-OH is 1. The lowest BCUT2D eigenvalue weighted by molar-refractivity contribution is -0.00494. The number of pyridine rings is 1. The van der Waals surface area contributed by atoms with Crippen LogP contribution in [0.5, 0.6) is 0 Å². The average molecular weight is 234 g/mol. The van der Waals surface area contributed by atoms with Crippen LogP contribution in [0.3, 0.4) is 0 Å². The molecule has 1 aliphatic carbocycles. The van der Waals surface area contributed by atoms with Crippen LogP contribution in [0.4, 0.5) is 0 Å². The second-order valence-electron chi connectivity index (χ2n) is 5.34. The molecule has 0 bridgehead atoms. The summed E-state index contributed by atoms with van der Waals surface area (Å²) in [6.07, 6.45) is 5.91. The van der Waals surface area contributed by atoms with Crippen molar-refractivity contribution < 1.29 is 5.11 Å². The van der Waals surface area contributed by atoms with Gasteiger partial charge in [-0.15, -0.1) is 0 Å². The van der Waals surface area contributed by atoms with E-state index in [9.17, 15) is 5.11 Å². The molecule has 1 atom stereocenters. The van der Waals surface area contributed by atoms with Gasteiger partial charge in [0.25, 0.3) is 0 Å². The number of likely N-dealkylation sites (N-methyl/N-ethyl adjacent to an activating group) is 1. The molecule has 17 heavy (non-hydrogen) atoms. The summed E-state index contributed by atoms with van der Waals surface area (Å²) in [5, 5.41) is 10.7. The SMILES string of the molecule is Cc1ccc(C(O)C2(N(C)C)CCCC2)cn1. The van der Waals surface area contributed by atoms with Gasteiger partial charge in [0.2, 0.25) is 0 Å². The van der Waals surface area contributed by atoms with Crippen LogP contribution in [-0.2, 0) is 0 Å². The standard InChI is InChI=1S/C14H22N2O/c1-11-6-7-12(10-15-11)13(17)14(16(2)3)8-4-5-9-14/h6-7,10,13,17H,4-5,8-9H2,1-3H3. The Labute approximate surface area is 103 Å². The maximum atomic E-state index is 10.7. The van der Waals surface area contributed by atoms with Gasteiger partial charge in [0.15, 0.2) is 0 Å². The summed E-state index contributed by atoms with van der Waals surface area (Å²) < 4.78 is 0. The summed E-state index contributed by atoms with van der Waals surface area (Å²) in [6, 6.07) is 3.97. The Morgan fingerprint density at radius 2 is 1.94 bits per heavy atom. The molecule has 0 aromatic carbocycles. The molecule has 0 amide bonds. The molecule has 1 unspecified atom stereocenters. The molecule has 3 nitrogen and oxygen atoms in total. The third kappa shape index (κ3) is 2.22. The van der Waals surface area contributed by atoms with Crippen LogP contribution in [0.15, 0.2) is 18.3 Å². The molecule has 1 fully saturated rings. The summed E-state index contributed by atoms with van der Waals surface area (Å²) in [5.74, 6) is 0. The van der Waals surface area contributed by atoms with Gasteiger partial charge in [0.1, 0.15) is 0 Å². The summed E-state index contributed by atoms with van der Waals surface area (Å²) in [7, 11) is 4.13. The van der Waals surface area contributed by atoms with E-state index in [0.717, 1.165) is 24.1 Å². The smallest absolute Gasteiger partial charge is 0.0988 e. The highest BCUT2D eigenvalue weighted by molar-refractivity contribution is 5.20. The molecule has 0 spiro atoms. The van der Waals surface area contributed by atoms with Crippen LogP contribution >= 0.6 is 0 Å². The number of rotatable bonds is 3. The van der Waals surface area contributed by atoms with Crippen molar-refractivity contribution >= 4 is 0 Å². The zero-order valence-corrected chi connectivity index (χ0v) is 11.0. The van der Waals surface area contributed by atoms with Gasteiger partial charge in [-0.25, -0.2) is 0 Å². The Morgan fingerprint density at radius 3 is 2.41 bits per heavy atom. The van der Waals surface area contributed by atoms with Crippen LogP contribution in [0.2, 0.25) is 0 Å². The minimum Gasteiger partial charge on any atom is -0.386 e. The molecule has 1 N–H and O–H groups in total. The number of nitrogens with zero attached hydrogens (tertiary/aromatic N) is 2. The van der Waals surface area contributed by atoms with Crippen LogP contribution in [0.25, 0.3) is 0 Å². The first kappa shape index (κ1) is 12.5. The topological polar surface area (TPSA) is 36.4 Å². The summed E-state index contributed by atoms with van der Waals surface area (Å²) >= 11 is 0. The lowest BCUT2D eigenvalue weighted by Gasteiger charge is -2.40. The fourth-order valence-corrected chi connectivity index (χ4v) is 2.90. The number of aliphatic hydroxyl groups is 1. The van der Waals surface area contributed by atoms with Crippen LogP contribution in [0.1, 0.15) is 43.0 Å². The quantitative estimate of drug-likeness (QED) is 0.871. The minimum absolute atomic E-state index is 0.100. The predicted molar refractivity (Wildman–Crippen MR) is 68.8 cm³/mol. The molecule has 0 radical (unpaired) electrons. The molecule has 94 valence electrons. The van der Waals surface area contributed by atoms with Crippen molar-refractivity contribution in [3.05, 3.63) is 29.6 Å². The van der Waals surface area contributed by atoms with Crippen LogP contribution in [0, 0.1) is 6.92 Å². The van der Waals surface area contributed by atoms with Crippen molar-refractivity contribution in [2.75, 3.05) is 14.1 Å². The molecule has 1 aliphatic rings. The monoisotopic (exact) mass is 234 g/mol. The molecule has 2 rings (SSSR count). The van der Waals surface area contributed by atoms with Gasteiger partial charge in [-0.2, -0.15) is 0 Å². The van der Waals surface area contributed by atoms with Gasteiger partial charge >= 0.3 is 0 Å². The summed E-state index contributed by atoms with van der Waals surface area (Å²) in [4.78, 5) is 6.47. The number of aryl methyl sites for hydroxylation is 1. The van der Waals surface area contributed by atoms with E-state index < -0.39 is 6.10 Å². The van der Waals surface area contributed by atoms with E-state index in [1.165, 1.54) is 12.8 Å². The third-order valence-corrected chi connectivity index (χ3v) is 4.12. The zero-order chi connectivity index (χ0) is 12.5. The molecule has 1 aromatic heterocycles. The van der Waals surface area contributed by atoms with Gasteiger partial charge in [0.05, 0.1) is 11.6 Å². The fourth-order valence-electron chi connectivity index (χ4n) is 2.90. The minimum atomic E-state index is -0.437. The Balaban J connectivity index is 2.28. The Morgan fingerprint density at radius 1 is 1.29 bits per heavy atom. The van der Waals surface area contributed by atoms with Gasteiger partial charge in [-0.1, -0.05) is 18.9 Å². The van der Waals surface area contributed by atoms with Crippen molar-refractivity contribution in [1.82, 2.24) is 9.88 Å². The van der Waals surface area contributed by atoms with E-state index in [-0.39, 0.29) is 5.54 Å². The first-order chi connectivity index (χ1) is 8.06. The maximum Gasteiger partial charge on any atom is 0.0988 e. The third-order valence-electron chi connectivity index (χ3n) is 4.12. The van der Waals surface area contributed by atoms with E-state index in [2.05, 4.69) is 24.0 Å². The van der Waals surface area contributed by atoms with E-state index >= 15 is 0 Å². The molecule has 1 heterocycles. The highest BCUT2D eigenvalue weighted by Crippen LogP contribution is 2.43. The normalized spacial score (nSPS) is 20.8. The Kier molecular flexibility index (Phi) is 3.50. The van der Waals surface area contributed by atoms with Crippen molar-refractivity contribution in [3.8, 4) is 0 Å². The Hall–Kier alpha value is -0.930. The highest BCUT2D eigenvalue weighted by atomic mass is 16.3. The Bertz CT molecular complexity index is 366. The molecule has 0 aliphatic heterocycles. The molecular weight excluding hydrogens is 212 g/mol. The first-order valence-electron chi connectivity index (χ1n) is 6.34. The second kappa shape index (κ2) is 4.75. The van der Waals surface area contributed by atoms with Crippen molar-refractivity contribution in [2.24, 2.45) is 0 Å². The van der Waals surface area contributed by atoms with Crippen LogP contribution < -0.4 is 0 Å². The lowest BCUT2D eigenvalue weighted by atomic mass is 9.85. The maximum absolute atomic E-state index is 10.7. The predicted octanol–water partition coefficient (Wildman–Crippen LogP) is 2.30. The van der Waals surface area contributed by atoms with Gasteiger partial charge in [-0.05, 0) is 39.9 Å². The first-order valence-corrected chi connectivity index (χ1v) is 6.34. The fraction of sp³-hybridized carbons (Fsp3) is 0.643. The van der Waals surface area contributed by atoms with E-state index in [1.54, 1.807) is 0 Å². The molecule has 1 aromatic rings. The van der Waals surface area contributed by atoms with Crippen molar-refractivity contribution in [1.29, 1.82) is 0 Å². The van der Waals surface area contributed by atoms with Gasteiger partial charge < -0.3 is 10.0 Å². The molecule has 0 saturated heterocycles. The van der Waals surface area contributed by atoms with E-state index in [0.29, 0.717) is 0 Å². The zero-order valence-electron chi connectivity index (χ0n) is 11.0. The summed E-state index contributed by atoms with van der Waals surface area (Å²) in [6.45, 7) is 1.97.